The Morgan fingerprint density at radius 2 is 2.00 bits per heavy atom. The van der Waals surface area contributed by atoms with Gasteiger partial charge in [0.25, 0.3) is 0 Å². The van der Waals surface area contributed by atoms with Crippen LogP contribution in [0.15, 0.2) is 36.7 Å². The van der Waals surface area contributed by atoms with Gasteiger partial charge < -0.3 is 0 Å². The maximum Gasteiger partial charge on any atom is 0.154 e. The Labute approximate surface area is 135 Å². The number of sulfone groups is 1. The van der Waals surface area contributed by atoms with Crippen LogP contribution in [0.2, 0.25) is 0 Å². The predicted molar refractivity (Wildman–Crippen MR) is 86.7 cm³/mol. The Morgan fingerprint density at radius 1 is 1.26 bits per heavy atom. The predicted octanol–water partition coefficient (Wildman–Crippen LogP) is 2.02. The average molecular weight is 337 g/mol. The standard InChI is InChI=1S/C16H20FN3O2S/c1-13-6-7-19(8-9-23(13,21)22)11-14-10-18-20(12-14)16-4-2-15(17)3-5-16/h2-5,10,12-13H,6-9,11H2,1H3/t13-/m1/s1. The van der Waals surface area contributed by atoms with Crippen LogP contribution in [0.5, 0.6) is 0 Å². The molecule has 0 N–H and O–H groups in total. The van der Waals surface area contributed by atoms with E-state index in [-0.39, 0.29) is 16.8 Å². The summed E-state index contributed by atoms with van der Waals surface area (Å²) >= 11 is 0. The molecule has 0 aliphatic carbocycles. The molecule has 2 aromatic rings. The summed E-state index contributed by atoms with van der Waals surface area (Å²) in [7, 11) is -2.96. The normalized spacial score (nSPS) is 21.9. The van der Waals surface area contributed by atoms with Crippen molar-refractivity contribution in [2.24, 2.45) is 0 Å². The molecular weight excluding hydrogens is 317 g/mol. The highest BCUT2D eigenvalue weighted by atomic mass is 32.2. The number of hydrogen-bond donors (Lipinski definition) is 0. The maximum atomic E-state index is 13.0. The molecule has 0 spiro atoms. The molecule has 2 heterocycles. The van der Waals surface area contributed by atoms with Gasteiger partial charge in [0.05, 0.1) is 22.9 Å². The smallest absolute Gasteiger partial charge is 0.154 e. The zero-order valence-corrected chi connectivity index (χ0v) is 13.8. The minimum absolute atomic E-state index is 0.209. The summed E-state index contributed by atoms with van der Waals surface area (Å²) in [5, 5.41) is 4.03. The van der Waals surface area contributed by atoms with Gasteiger partial charge in [0.15, 0.2) is 9.84 Å². The molecule has 1 fully saturated rings. The SMILES string of the molecule is C[C@@H]1CCN(Cc2cnn(-c3ccc(F)cc3)c2)CCS1(=O)=O. The van der Waals surface area contributed by atoms with Crippen molar-refractivity contribution >= 4 is 9.84 Å². The molecule has 1 aromatic carbocycles. The van der Waals surface area contributed by atoms with Crippen LogP contribution < -0.4 is 0 Å². The van der Waals surface area contributed by atoms with Gasteiger partial charge in [-0.05, 0) is 44.2 Å². The number of halogens is 1. The second-order valence-electron chi connectivity index (χ2n) is 6.01. The summed E-state index contributed by atoms with van der Waals surface area (Å²) in [5.41, 5.74) is 1.81. The van der Waals surface area contributed by atoms with Crippen molar-refractivity contribution in [1.82, 2.24) is 14.7 Å². The molecule has 3 rings (SSSR count). The second kappa shape index (κ2) is 6.41. The summed E-state index contributed by atoms with van der Waals surface area (Å²) in [6.45, 7) is 3.77. The Hall–Kier alpha value is -1.73. The summed E-state index contributed by atoms with van der Waals surface area (Å²) in [4.78, 5) is 2.15. The van der Waals surface area contributed by atoms with Crippen molar-refractivity contribution in [2.75, 3.05) is 18.8 Å². The van der Waals surface area contributed by atoms with Crippen LogP contribution in [0, 0.1) is 5.82 Å². The summed E-state index contributed by atoms with van der Waals surface area (Å²) < 4.78 is 38.5. The first-order valence-electron chi connectivity index (χ1n) is 7.67. The van der Waals surface area contributed by atoms with E-state index in [9.17, 15) is 12.8 Å². The molecule has 0 bridgehead atoms. The fraction of sp³-hybridized carbons (Fsp3) is 0.438. The maximum absolute atomic E-state index is 13.0. The van der Waals surface area contributed by atoms with Gasteiger partial charge in [-0.1, -0.05) is 0 Å². The van der Waals surface area contributed by atoms with Crippen LogP contribution in [0.3, 0.4) is 0 Å². The first-order chi connectivity index (χ1) is 10.9. The Balaban J connectivity index is 1.68. The molecule has 0 saturated carbocycles. The molecular formula is C16H20FN3O2S. The Kier molecular flexibility index (Phi) is 4.50. The fourth-order valence-electron chi connectivity index (χ4n) is 2.71. The molecule has 5 nitrogen and oxygen atoms in total. The van der Waals surface area contributed by atoms with Gasteiger partial charge in [0.1, 0.15) is 5.82 Å². The lowest BCUT2D eigenvalue weighted by atomic mass is 10.2. The van der Waals surface area contributed by atoms with E-state index in [1.165, 1.54) is 12.1 Å². The van der Waals surface area contributed by atoms with E-state index in [0.29, 0.717) is 19.5 Å². The molecule has 23 heavy (non-hydrogen) atoms. The van der Waals surface area contributed by atoms with E-state index in [1.54, 1.807) is 29.9 Å². The molecule has 124 valence electrons. The van der Waals surface area contributed by atoms with Gasteiger partial charge in [-0.2, -0.15) is 5.10 Å². The van der Waals surface area contributed by atoms with Gasteiger partial charge in [0, 0.05) is 24.8 Å². The van der Waals surface area contributed by atoms with E-state index in [1.807, 2.05) is 6.20 Å². The lowest BCUT2D eigenvalue weighted by molar-refractivity contribution is 0.283. The summed E-state index contributed by atoms with van der Waals surface area (Å²) in [5.74, 6) is -0.0682. The molecule has 0 radical (unpaired) electrons. The van der Waals surface area contributed by atoms with Crippen LogP contribution in [0.1, 0.15) is 18.9 Å². The van der Waals surface area contributed by atoms with Gasteiger partial charge in [-0.3, -0.25) is 4.90 Å². The zero-order valence-electron chi connectivity index (χ0n) is 13.0. The first-order valence-corrected chi connectivity index (χ1v) is 9.39. The van der Waals surface area contributed by atoms with Gasteiger partial charge in [-0.15, -0.1) is 0 Å². The third-order valence-corrected chi connectivity index (χ3v) is 6.50. The van der Waals surface area contributed by atoms with Crippen LogP contribution in [0.4, 0.5) is 4.39 Å². The Bertz CT molecular complexity index is 771. The quantitative estimate of drug-likeness (QED) is 0.860. The van der Waals surface area contributed by atoms with Crippen molar-refractivity contribution in [3.63, 3.8) is 0 Å². The number of nitrogens with zero attached hydrogens (tertiary/aromatic N) is 3. The van der Waals surface area contributed by atoms with Crippen molar-refractivity contribution in [2.45, 2.75) is 25.1 Å². The zero-order chi connectivity index (χ0) is 16.4. The highest BCUT2D eigenvalue weighted by molar-refractivity contribution is 7.92. The molecule has 1 aliphatic heterocycles. The number of aromatic nitrogens is 2. The van der Waals surface area contributed by atoms with Crippen LogP contribution in [0.25, 0.3) is 5.69 Å². The highest BCUT2D eigenvalue weighted by Gasteiger charge is 2.26. The van der Waals surface area contributed by atoms with Crippen molar-refractivity contribution in [3.05, 3.63) is 48.0 Å². The molecule has 1 aromatic heterocycles. The van der Waals surface area contributed by atoms with Gasteiger partial charge in [0.2, 0.25) is 0 Å². The van der Waals surface area contributed by atoms with Crippen LogP contribution in [-0.4, -0.2) is 47.2 Å². The first kappa shape index (κ1) is 16.1. The van der Waals surface area contributed by atoms with Crippen LogP contribution in [-0.2, 0) is 16.4 Å². The number of benzene rings is 1. The third-order valence-electron chi connectivity index (χ3n) is 4.29. The van der Waals surface area contributed by atoms with E-state index < -0.39 is 9.84 Å². The molecule has 1 atom stereocenters. The minimum atomic E-state index is -2.96. The lowest BCUT2D eigenvalue weighted by Crippen LogP contribution is -2.26. The van der Waals surface area contributed by atoms with E-state index >= 15 is 0 Å². The monoisotopic (exact) mass is 337 g/mol. The summed E-state index contributed by atoms with van der Waals surface area (Å²) in [6.07, 6.45) is 4.33. The second-order valence-corrected chi connectivity index (χ2v) is 8.55. The number of hydrogen-bond acceptors (Lipinski definition) is 4. The van der Waals surface area contributed by atoms with E-state index in [4.69, 9.17) is 0 Å². The summed E-state index contributed by atoms with van der Waals surface area (Å²) in [6, 6.07) is 6.15. The van der Waals surface area contributed by atoms with Gasteiger partial charge in [-0.25, -0.2) is 17.5 Å². The molecule has 1 aliphatic rings. The molecule has 7 heteroatoms. The van der Waals surface area contributed by atoms with Gasteiger partial charge >= 0.3 is 0 Å². The van der Waals surface area contributed by atoms with E-state index in [2.05, 4.69) is 10.00 Å². The van der Waals surface area contributed by atoms with Crippen molar-refractivity contribution < 1.29 is 12.8 Å². The average Bonchev–Trinajstić information content (AvgIpc) is 2.94. The Morgan fingerprint density at radius 3 is 2.74 bits per heavy atom. The molecule has 1 saturated heterocycles. The minimum Gasteiger partial charge on any atom is -0.298 e. The van der Waals surface area contributed by atoms with Crippen LogP contribution >= 0.6 is 0 Å². The van der Waals surface area contributed by atoms with E-state index in [0.717, 1.165) is 17.8 Å². The molecule has 0 unspecified atom stereocenters. The molecule has 0 amide bonds. The largest absolute Gasteiger partial charge is 0.298 e. The third kappa shape index (κ3) is 3.79. The lowest BCUT2D eigenvalue weighted by Gasteiger charge is -2.17. The number of rotatable bonds is 3. The highest BCUT2D eigenvalue weighted by Crippen LogP contribution is 2.16. The van der Waals surface area contributed by atoms with Crippen molar-refractivity contribution in [1.29, 1.82) is 0 Å². The van der Waals surface area contributed by atoms with Crippen molar-refractivity contribution in [3.8, 4) is 5.69 Å². The topological polar surface area (TPSA) is 55.2 Å². The fourth-order valence-corrected chi connectivity index (χ4v) is 4.09.